The van der Waals surface area contributed by atoms with Crippen molar-refractivity contribution in [2.75, 3.05) is 7.11 Å². The summed E-state index contributed by atoms with van der Waals surface area (Å²) < 4.78 is 4.50. The van der Waals surface area contributed by atoms with Crippen LogP contribution in [0.5, 0.6) is 0 Å². The second-order valence-electron chi connectivity index (χ2n) is 2.58. The molecule has 2 atom stereocenters. The Hall–Kier alpha value is -0.830. The van der Waals surface area contributed by atoms with Crippen molar-refractivity contribution in [3.63, 3.8) is 0 Å². The number of rotatable bonds is 2. The molecule has 0 radical (unpaired) electrons. The molecule has 1 aliphatic rings. The van der Waals surface area contributed by atoms with Gasteiger partial charge in [-0.25, -0.2) is 0 Å². The Balaban J connectivity index is 2.58. The topological polar surface area (TPSA) is 52.3 Å². The minimum atomic E-state index is -0.753. The van der Waals surface area contributed by atoms with E-state index < -0.39 is 5.54 Å². The lowest BCUT2D eigenvalue weighted by molar-refractivity contribution is -0.143. The average Bonchev–Trinajstić information content (AvgIpc) is 2.61. The molecule has 1 aliphatic carbocycles. The number of nitrogens with two attached hydrogens (primary N) is 1. The van der Waals surface area contributed by atoms with Crippen LogP contribution in [0.15, 0.2) is 12.7 Å². The average molecular weight is 141 g/mol. The highest BCUT2D eigenvalue weighted by molar-refractivity contribution is 5.85. The second-order valence-corrected chi connectivity index (χ2v) is 2.58. The molecule has 10 heavy (non-hydrogen) atoms. The fourth-order valence-corrected chi connectivity index (χ4v) is 1.02. The molecule has 0 heterocycles. The van der Waals surface area contributed by atoms with Gasteiger partial charge in [0, 0.05) is 5.92 Å². The number of carbonyl (C=O) groups is 1. The van der Waals surface area contributed by atoms with Crippen LogP contribution < -0.4 is 5.73 Å². The lowest BCUT2D eigenvalue weighted by atomic mass is 10.2. The summed E-state index contributed by atoms with van der Waals surface area (Å²) in [6.45, 7) is 3.55. The maximum atomic E-state index is 10.9. The molecule has 1 rings (SSSR count). The molecule has 0 amide bonds. The van der Waals surface area contributed by atoms with Gasteiger partial charge in [0.25, 0.3) is 0 Å². The third-order valence-electron chi connectivity index (χ3n) is 1.91. The zero-order valence-corrected chi connectivity index (χ0v) is 5.96. The van der Waals surface area contributed by atoms with Crippen molar-refractivity contribution < 1.29 is 9.53 Å². The van der Waals surface area contributed by atoms with Crippen molar-refractivity contribution in [2.24, 2.45) is 11.7 Å². The van der Waals surface area contributed by atoms with E-state index in [4.69, 9.17) is 5.73 Å². The molecule has 0 aromatic heterocycles. The third-order valence-corrected chi connectivity index (χ3v) is 1.91. The Morgan fingerprint density at radius 2 is 2.60 bits per heavy atom. The molecule has 0 aromatic carbocycles. The van der Waals surface area contributed by atoms with Crippen LogP contribution >= 0.6 is 0 Å². The Labute approximate surface area is 59.8 Å². The van der Waals surface area contributed by atoms with Crippen molar-refractivity contribution in [1.82, 2.24) is 0 Å². The van der Waals surface area contributed by atoms with Gasteiger partial charge in [0.05, 0.1) is 7.11 Å². The summed E-state index contributed by atoms with van der Waals surface area (Å²) in [6, 6.07) is 0. The van der Waals surface area contributed by atoms with Gasteiger partial charge >= 0.3 is 5.97 Å². The van der Waals surface area contributed by atoms with E-state index in [0.29, 0.717) is 6.42 Å². The van der Waals surface area contributed by atoms with E-state index in [1.165, 1.54) is 7.11 Å². The maximum absolute atomic E-state index is 10.9. The van der Waals surface area contributed by atoms with E-state index in [9.17, 15) is 4.79 Å². The van der Waals surface area contributed by atoms with Crippen molar-refractivity contribution in [1.29, 1.82) is 0 Å². The smallest absolute Gasteiger partial charge is 0.326 e. The van der Waals surface area contributed by atoms with Crippen LogP contribution in [0.2, 0.25) is 0 Å². The van der Waals surface area contributed by atoms with E-state index in [2.05, 4.69) is 11.3 Å². The predicted octanol–water partition coefficient (Wildman–Crippen LogP) is 0.0628. The fourth-order valence-electron chi connectivity index (χ4n) is 1.02. The molecular formula is C7H11NO2. The molecule has 0 bridgehead atoms. The molecule has 1 saturated carbocycles. The first-order chi connectivity index (χ1) is 4.65. The van der Waals surface area contributed by atoms with Gasteiger partial charge < -0.3 is 10.5 Å². The highest BCUT2D eigenvalue weighted by atomic mass is 16.5. The van der Waals surface area contributed by atoms with E-state index in [0.717, 1.165) is 0 Å². The quantitative estimate of drug-likeness (QED) is 0.437. The minimum absolute atomic E-state index is 0.111. The largest absolute Gasteiger partial charge is 0.468 e. The lowest BCUT2D eigenvalue weighted by Gasteiger charge is -2.05. The number of ether oxygens (including phenoxy) is 1. The summed E-state index contributed by atoms with van der Waals surface area (Å²) >= 11 is 0. The van der Waals surface area contributed by atoms with Gasteiger partial charge in [-0.2, -0.15) is 0 Å². The van der Waals surface area contributed by atoms with Gasteiger partial charge in [0.1, 0.15) is 5.54 Å². The highest BCUT2D eigenvalue weighted by Gasteiger charge is 2.56. The third kappa shape index (κ3) is 0.827. The normalized spacial score (nSPS) is 36.8. The summed E-state index contributed by atoms with van der Waals surface area (Å²) in [6.07, 6.45) is 2.36. The summed E-state index contributed by atoms with van der Waals surface area (Å²) in [7, 11) is 1.34. The molecule has 0 saturated heterocycles. The molecule has 0 aromatic rings. The zero-order valence-electron chi connectivity index (χ0n) is 5.96. The van der Waals surface area contributed by atoms with Gasteiger partial charge in [0.2, 0.25) is 0 Å². The molecule has 0 spiro atoms. The molecule has 3 heteroatoms. The van der Waals surface area contributed by atoms with Gasteiger partial charge in [-0.1, -0.05) is 6.08 Å². The second kappa shape index (κ2) is 2.09. The number of carbonyl (C=O) groups excluding carboxylic acids is 1. The lowest BCUT2D eigenvalue weighted by Crippen LogP contribution is -2.36. The summed E-state index contributed by atoms with van der Waals surface area (Å²) in [5, 5.41) is 0. The molecule has 56 valence electrons. The summed E-state index contributed by atoms with van der Waals surface area (Å²) in [5.74, 6) is -0.225. The number of hydrogen-bond donors (Lipinski definition) is 1. The number of methoxy groups -OCH3 is 1. The van der Waals surface area contributed by atoms with Crippen LogP contribution in [-0.2, 0) is 9.53 Å². The summed E-state index contributed by atoms with van der Waals surface area (Å²) in [4.78, 5) is 10.9. The van der Waals surface area contributed by atoms with Crippen molar-refractivity contribution in [2.45, 2.75) is 12.0 Å². The van der Waals surface area contributed by atoms with Crippen molar-refractivity contribution >= 4 is 5.97 Å². The van der Waals surface area contributed by atoms with Crippen LogP contribution in [0.4, 0.5) is 0 Å². The SMILES string of the molecule is C=CC1C[C@@]1(N)C(=O)OC. The Morgan fingerprint density at radius 1 is 2.00 bits per heavy atom. The molecule has 1 fully saturated rings. The van der Waals surface area contributed by atoms with Gasteiger partial charge in [-0.3, -0.25) is 4.79 Å². The van der Waals surface area contributed by atoms with E-state index in [1.54, 1.807) is 6.08 Å². The Kier molecular flexibility index (Phi) is 1.52. The minimum Gasteiger partial charge on any atom is -0.468 e. The predicted molar refractivity (Wildman–Crippen MR) is 37.2 cm³/mol. The molecule has 3 nitrogen and oxygen atoms in total. The van der Waals surface area contributed by atoms with Crippen molar-refractivity contribution in [3.8, 4) is 0 Å². The first-order valence-corrected chi connectivity index (χ1v) is 3.15. The Bertz CT molecular complexity index is 178. The highest BCUT2D eigenvalue weighted by Crippen LogP contribution is 2.42. The molecular weight excluding hydrogens is 130 g/mol. The van der Waals surface area contributed by atoms with Crippen LogP contribution in [0.25, 0.3) is 0 Å². The van der Waals surface area contributed by atoms with Crippen LogP contribution in [0.3, 0.4) is 0 Å². The van der Waals surface area contributed by atoms with E-state index in [-0.39, 0.29) is 11.9 Å². The monoisotopic (exact) mass is 141 g/mol. The summed E-state index contributed by atoms with van der Waals surface area (Å²) in [5.41, 5.74) is 4.86. The standard InChI is InChI=1S/C7H11NO2/c1-3-5-4-7(5,8)6(9)10-2/h3,5H,1,4,8H2,2H3/t5?,7-/m0/s1. The van der Waals surface area contributed by atoms with Gasteiger partial charge in [-0.15, -0.1) is 6.58 Å². The number of esters is 1. The van der Waals surface area contributed by atoms with Crippen LogP contribution in [0.1, 0.15) is 6.42 Å². The van der Waals surface area contributed by atoms with E-state index >= 15 is 0 Å². The fraction of sp³-hybridized carbons (Fsp3) is 0.571. The van der Waals surface area contributed by atoms with Crippen LogP contribution in [-0.4, -0.2) is 18.6 Å². The first-order valence-electron chi connectivity index (χ1n) is 3.15. The molecule has 2 N–H and O–H groups in total. The Morgan fingerprint density at radius 3 is 2.90 bits per heavy atom. The zero-order chi connectivity index (χ0) is 7.78. The van der Waals surface area contributed by atoms with Gasteiger partial charge in [-0.05, 0) is 6.42 Å². The van der Waals surface area contributed by atoms with E-state index in [1.807, 2.05) is 0 Å². The molecule has 0 aliphatic heterocycles. The molecule has 1 unspecified atom stereocenters. The van der Waals surface area contributed by atoms with Gasteiger partial charge in [0.15, 0.2) is 0 Å². The number of hydrogen-bond acceptors (Lipinski definition) is 3. The maximum Gasteiger partial charge on any atom is 0.326 e. The van der Waals surface area contributed by atoms with Crippen LogP contribution in [0, 0.1) is 5.92 Å². The van der Waals surface area contributed by atoms with Crippen molar-refractivity contribution in [3.05, 3.63) is 12.7 Å². The first kappa shape index (κ1) is 7.28.